The summed E-state index contributed by atoms with van der Waals surface area (Å²) < 4.78 is 5.54. The third kappa shape index (κ3) is 4.06. The van der Waals surface area contributed by atoms with Gasteiger partial charge in [-0.3, -0.25) is 9.69 Å². The lowest BCUT2D eigenvalue weighted by atomic mass is 10.1. The summed E-state index contributed by atoms with van der Waals surface area (Å²) in [7, 11) is 0. The van der Waals surface area contributed by atoms with Gasteiger partial charge in [0.15, 0.2) is 0 Å². The molecule has 6 nitrogen and oxygen atoms in total. The molecule has 0 saturated heterocycles. The lowest BCUT2D eigenvalue weighted by molar-refractivity contribution is 0.0987. The summed E-state index contributed by atoms with van der Waals surface area (Å²) in [4.78, 5) is 23.7. The maximum absolute atomic E-state index is 13.1. The molecule has 148 valence electrons. The van der Waals surface area contributed by atoms with E-state index in [9.17, 15) is 4.79 Å². The van der Waals surface area contributed by atoms with E-state index in [1.54, 1.807) is 17.2 Å². The first-order chi connectivity index (χ1) is 14.2. The van der Waals surface area contributed by atoms with Gasteiger partial charge in [0.25, 0.3) is 5.91 Å². The number of anilines is 2. The third-order valence-corrected chi connectivity index (χ3v) is 5.06. The van der Waals surface area contributed by atoms with Crippen LogP contribution in [0.2, 0.25) is 0 Å². The summed E-state index contributed by atoms with van der Waals surface area (Å²) >= 11 is 0. The number of aromatic nitrogens is 2. The molecular weight excluding hydrogens is 364 g/mol. The predicted molar refractivity (Wildman–Crippen MR) is 114 cm³/mol. The fourth-order valence-corrected chi connectivity index (χ4v) is 3.47. The Balaban J connectivity index is 1.54. The van der Waals surface area contributed by atoms with Crippen molar-refractivity contribution in [1.82, 2.24) is 9.97 Å². The molecule has 0 fully saturated rings. The largest absolute Gasteiger partial charge is 0.493 e. The fraction of sp³-hybridized carbons (Fsp3) is 0.261. The molecule has 0 spiro atoms. The summed E-state index contributed by atoms with van der Waals surface area (Å²) in [6.07, 6.45) is 2.51. The van der Waals surface area contributed by atoms with Crippen molar-refractivity contribution in [2.45, 2.75) is 26.3 Å². The Hall–Kier alpha value is -3.41. The number of nitrogens with zero attached hydrogens (tertiary/aromatic N) is 3. The van der Waals surface area contributed by atoms with Crippen molar-refractivity contribution in [2.24, 2.45) is 0 Å². The summed E-state index contributed by atoms with van der Waals surface area (Å²) in [6, 6.07) is 17.5. The first-order valence-corrected chi connectivity index (χ1v) is 9.88. The van der Waals surface area contributed by atoms with Gasteiger partial charge in [-0.2, -0.15) is 4.98 Å². The van der Waals surface area contributed by atoms with E-state index < -0.39 is 0 Å². The standard InChI is InChI=1S/C23H24N4O2/c1-3-27(22(28)19-9-10-20-18(15-19)12-14-29-20)21-11-13-24-23(26-21)25-16(2)17-7-5-4-6-8-17/h4-11,13,15-16H,3,12,14H2,1-2H3,(H,24,25,26)/t16-/m1/s1. The molecule has 0 saturated carbocycles. The van der Waals surface area contributed by atoms with E-state index in [0.29, 0.717) is 30.5 Å². The zero-order valence-corrected chi connectivity index (χ0v) is 16.6. The molecule has 29 heavy (non-hydrogen) atoms. The summed E-state index contributed by atoms with van der Waals surface area (Å²) in [5, 5.41) is 3.31. The lowest BCUT2D eigenvalue weighted by Gasteiger charge is -2.21. The Labute approximate surface area is 170 Å². The van der Waals surface area contributed by atoms with E-state index in [1.807, 2.05) is 43.3 Å². The first-order valence-electron chi connectivity index (χ1n) is 9.88. The van der Waals surface area contributed by atoms with Gasteiger partial charge in [0, 0.05) is 24.7 Å². The molecule has 1 aromatic heterocycles. The van der Waals surface area contributed by atoms with Crippen molar-refractivity contribution >= 4 is 17.7 Å². The maximum atomic E-state index is 13.1. The predicted octanol–water partition coefficient (Wildman–Crippen LogP) is 4.25. The molecule has 3 aromatic rings. The van der Waals surface area contributed by atoms with E-state index in [-0.39, 0.29) is 11.9 Å². The number of ether oxygens (including phenoxy) is 1. The van der Waals surface area contributed by atoms with E-state index in [0.717, 1.165) is 23.3 Å². The van der Waals surface area contributed by atoms with Gasteiger partial charge in [-0.05, 0) is 49.2 Å². The normalized spacial score (nSPS) is 13.3. The highest BCUT2D eigenvalue weighted by Gasteiger charge is 2.21. The second-order valence-corrected chi connectivity index (χ2v) is 6.99. The highest BCUT2D eigenvalue weighted by molar-refractivity contribution is 6.05. The van der Waals surface area contributed by atoms with E-state index in [4.69, 9.17) is 4.74 Å². The number of amides is 1. The van der Waals surface area contributed by atoms with E-state index in [1.165, 1.54) is 0 Å². The molecule has 2 aromatic carbocycles. The van der Waals surface area contributed by atoms with Crippen LogP contribution in [0.1, 0.15) is 41.4 Å². The summed E-state index contributed by atoms with van der Waals surface area (Å²) in [5.41, 5.74) is 2.86. The first kappa shape index (κ1) is 18.9. The smallest absolute Gasteiger partial charge is 0.259 e. The molecule has 1 atom stereocenters. The van der Waals surface area contributed by atoms with Crippen LogP contribution in [0.25, 0.3) is 0 Å². The SMILES string of the molecule is CCN(C(=O)c1ccc2c(c1)CCO2)c1ccnc(N[C@H](C)c2ccccc2)n1. The highest BCUT2D eigenvalue weighted by atomic mass is 16.5. The van der Waals surface area contributed by atoms with Crippen LogP contribution in [0.5, 0.6) is 5.75 Å². The average molecular weight is 388 g/mol. The Kier molecular flexibility index (Phi) is 5.42. The van der Waals surface area contributed by atoms with Gasteiger partial charge in [0.2, 0.25) is 5.95 Å². The molecular formula is C23H24N4O2. The molecule has 0 radical (unpaired) electrons. The number of carbonyl (C=O) groups excluding carboxylic acids is 1. The quantitative estimate of drug-likeness (QED) is 0.684. The Morgan fingerprint density at radius 2 is 2.03 bits per heavy atom. The zero-order chi connectivity index (χ0) is 20.2. The second kappa shape index (κ2) is 8.31. The summed E-state index contributed by atoms with van der Waals surface area (Å²) in [5.74, 6) is 1.86. The molecule has 6 heteroatoms. The number of benzene rings is 2. The average Bonchev–Trinajstić information content (AvgIpc) is 3.23. The van der Waals surface area contributed by atoms with E-state index >= 15 is 0 Å². The van der Waals surface area contributed by atoms with Crippen molar-refractivity contribution in [3.05, 3.63) is 77.5 Å². The second-order valence-electron chi connectivity index (χ2n) is 6.99. The highest BCUT2D eigenvalue weighted by Crippen LogP contribution is 2.27. The molecule has 1 amide bonds. The number of carbonyl (C=O) groups is 1. The van der Waals surface area contributed by atoms with Crippen LogP contribution in [-0.2, 0) is 6.42 Å². The van der Waals surface area contributed by atoms with Crippen molar-refractivity contribution in [2.75, 3.05) is 23.4 Å². The topological polar surface area (TPSA) is 67.4 Å². The molecule has 4 rings (SSSR count). The fourth-order valence-electron chi connectivity index (χ4n) is 3.47. The molecule has 1 aliphatic heterocycles. The molecule has 0 unspecified atom stereocenters. The van der Waals surface area contributed by atoms with Gasteiger partial charge in [-0.15, -0.1) is 0 Å². The number of rotatable bonds is 6. The molecule has 0 bridgehead atoms. The van der Waals surface area contributed by atoms with Crippen molar-refractivity contribution < 1.29 is 9.53 Å². The van der Waals surface area contributed by atoms with Crippen LogP contribution in [0.4, 0.5) is 11.8 Å². The van der Waals surface area contributed by atoms with Crippen LogP contribution in [0, 0.1) is 0 Å². The number of nitrogens with one attached hydrogen (secondary N) is 1. The molecule has 0 aliphatic carbocycles. The van der Waals surface area contributed by atoms with Gasteiger partial charge in [-0.25, -0.2) is 4.98 Å². The third-order valence-electron chi connectivity index (χ3n) is 5.06. The minimum atomic E-state index is -0.0806. The van der Waals surface area contributed by atoms with Gasteiger partial charge < -0.3 is 10.1 Å². The summed E-state index contributed by atoms with van der Waals surface area (Å²) in [6.45, 7) is 5.18. The number of hydrogen-bond acceptors (Lipinski definition) is 5. The Bertz CT molecular complexity index is 1010. The van der Waals surface area contributed by atoms with Crippen LogP contribution in [0.3, 0.4) is 0 Å². The zero-order valence-electron chi connectivity index (χ0n) is 16.6. The number of hydrogen-bond donors (Lipinski definition) is 1. The van der Waals surface area contributed by atoms with Crippen LogP contribution in [0.15, 0.2) is 60.8 Å². The minimum absolute atomic E-state index is 0.0499. The van der Waals surface area contributed by atoms with Crippen LogP contribution >= 0.6 is 0 Å². The van der Waals surface area contributed by atoms with Crippen molar-refractivity contribution in [3.8, 4) is 5.75 Å². The Morgan fingerprint density at radius 1 is 1.21 bits per heavy atom. The molecule has 1 aliphatic rings. The van der Waals surface area contributed by atoms with Crippen molar-refractivity contribution in [1.29, 1.82) is 0 Å². The Morgan fingerprint density at radius 3 is 2.83 bits per heavy atom. The molecule has 2 heterocycles. The van der Waals surface area contributed by atoms with E-state index in [2.05, 4.69) is 34.3 Å². The lowest BCUT2D eigenvalue weighted by Crippen LogP contribution is -2.31. The van der Waals surface area contributed by atoms with Crippen molar-refractivity contribution in [3.63, 3.8) is 0 Å². The molecule has 1 N–H and O–H groups in total. The monoisotopic (exact) mass is 388 g/mol. The van der Waals surface area contributed by atoms with Crippen LogP contribution in [-0.4, -0.2) is 29.0 Å². The van der Waals surface area contributed by atoms with Crippen LogP contribution < -0.4 is 15.0 Å². The van der Waals surface area contributed by atoms with Gasteiger partial charge >= 0.3 is 0 Å². The van der Waals surface area contributed by atoms with Gasteiger partial charge in [0.1, 0.15) is 11.6 Å². The van der Waals surface area contributed by atoms with Gasteiger partial charge in [0.05, 0.1) is 12.6 Å². The number of fused-ring (bicyclic) bond motifs is 1. The minimum Gasteiger partial charge on any atom is -0.493 e. The van der Waals surface area contributed by atoms with Gasteiger partial charge in [-0.1, -0.05) is 30.3 Å². The maximum Gasteiger partial charge on any atom is 0.259 e.